The van der Waals surface area contributed by atoms with Crippen molar-refractivity contribution in [3.63, 3.8) is 0 Å². The third-order valence-electron chi connectivity index (χ3n) is 5.66. The first-order chi connectivity index (χ1) is 16.6. The van der Waals surface area contributed by atoms with E-state index in [0.29, 0.717) is 13.2 Å². The van der Waals surface area contributed by atoms with Crippen molar-refractivity contribution in [2.75, 3.05) is 26.3 Å². The zero-order chi connectivity index (χ0) is 25.2. The lowest BCUT2D eigenvalue weighted by molar-refractivity contribution is -0.159. The van der Waals surface area contributed by atoms with Gasteiger partial charge in [0.05, 0.1) is 19.3 Å². The van der Waals surface area contributed by atoms with Gasteiger partial charge in [-0.15, -0.1) is 0 Å². The third-order valence-corrected chi connectivity index (χ3v) is 5.66. The zero-order valence-corrected chi connectivity index (χ0v) is 19.0. The van der Waals surface area contributed by atoms with Crippen molar-refractivity contribution in [3.8, 4) is 11.4 Å². The molecule has 1 aliphatic heterocycles. The summed E-state index contributed by atoms with van der Waals surface area (Å²) in [6, 6.07) is 7.09. The molecule has 1 N–H and O–H groups in total. The molecule has 1 aliphatic rings. The van der Waals surface area contributed by atoms with Crippen LogP contribution in [0.4, 0.5) is 13.2 Å². The highest BCUT2D eigenvalue weighted by Crippen LogP contribution is 2.29. The van der Waals surface area contributed by atoms with Gasteiger partial charge in [-0.2, -0.15) is 23.3 Å². The van der Waals surface area contributed by atoms with Gasteiger partial charge in [-0.05, 0) is 32.0 Å². The number of hydrogen-bond donors (Lipinski definition) is 1. The van der Waals surface area contributed by atoms with E-state index in [4.69, 9.17) is 4.74 Å². The van der Waals surface area contributed by atoms with Gasteiger partial charge in [0.25, 0.3) is 5.91 Å². The highest BCUT2D eigenvalue weighted by atomic mass is 19.4. The molecule has 3 heterocycles. The largest absolute Gasteiger partial charge is 0.471 e. The number of ether oxygens (including phenoxy) is 1. The van der Waals surface area contributed by atoms with Crippen molar-refractivity contribution in [2.45, 2.75) is 31.6 Å². The Labute approximate surface area is 198 Å². The highest BCUT2D eigenvalue weighted by molar-refractivity contribution is 5.94. The second kappa shape index (κ2) is 9.49. The molecule has 13 heteroatoms. The van der Waals surface area contributed by atoms with Crippen molar-refractivity contribution in [1.82, 2.24) is 30.1 Å². The summed E-state index contributed by atoms with van der Waals surface area (Å²) in [5.74, 6) is -2.24. The Bertz CT molecular complexity index is 1170. The Morgan fingerprint density at radius 3 is 2.57 bits per heavy atom. The van der Waals surface area contributed by atoms with E-state index in [2.05, 4.69) is 25.1 Å². The minimum atomic E-state index is -4.74. The Morgan fingerprint density at radius 1 is 1.20 bits per heavy atom. The van der Waals surface area contributed by atoms with Gasteiger partial charge in [-0.25, -0.2) is 0 Å². The number of nitrogens with zero attached hydrogens (tertiary/aromatic N) is 5. The van der Waals surface area contributed by atoms with E-state index in [0.717, 1.165) is 0 Å². The SMILES string of the molecule is CC(C)(C(=O)N1CCOC[C@H]1CNC(=O)c1ccc(-c2noc(C(F)(F)F)n2)cc1)n1cccn1. The molecule has 0 spiro atoms. The van der Waals surface area contributed by atoms with Crippen LogP contribution in [0.1, 0.15) is 30.1 Å². The molecule has 0 unspecified atom stereocenters. The number of benzene rings is 1. The summed E-state index contributed by atoms with van der Waals surface area (Å²) in [6.45, 7) is 4.73. The van der Waals surface area contributed by atoms with E-state index in [1.807, 2.05) is 0 Å². The first-order valence-electron chi connectivity index (χ1n) is 10.8. The monoisotopic (exact) mass is 492 g/mol. The van der Waals surface area contributed by atoms with Gasteiger partial charge in [0.2, 0.25) is 11.7 Å². The Kier molecular flexibility index (Phi) is 6.61. The van der Waals surface area contributed by atoms with Crippen molar-refractivity contribution >= 4 is 11.8 Å². The summed E-state index contributed by atoms with van der Waals surface area (Å²) in [6.07, 6.45) is -1.42. The fourth-order valence-electron chi connectivity index (χ4n) is 3.68. The maximum atomic E-state index is 13.3. The number of aromatic nitrogens is 4. The number of carbonyl (C=O) groups is 2. The fourth-order valence-corrected chi connectivity index (χ4v) is 3.68. The van der Waals surface area contributed by atoms with Crippen LogP contribution in [0.2, 0.25) is 0 Å². The molecule has 1 aromatic carbocycles. The molecule has 186 valence electrons. The zero-order valence-electron chi connectivity index (χ0n) is 19.0. The molecule has 35 heavy (non-hydrogen) atoms. The van der Waals surface area contributed by atoms with Gasteiger partial charge in [-0.3, -0.25) is 14.3 Å². The van der Waals surface area contributed by atoms with Crippen LogP contribution in [0, 0.1) is 0 Å². The van der Waals surface area contributed by atoms with Gasteiger partial charge < -0.3 is 19.5 Å². The van der Waals surface area contributed by atoms with Crippen molar-refractivity contribution < 1.29 is 32.0 Å². The first kappa shape index (κ1) is 24.4. The van der Waals surface area contributed by atoms with E-state index in [1.54, 1.807) is 41.9 Å². The summed E-state index contributed by atoms with van der Waals surface area (Å²) in [7, 11) is 0. The minimum absolute atomic E-state index is 0.147. The Hall–Kier alpha value is -3.74. The van der Waals surface area contributed by atoms with Crippen LogP contribution in [-0.2, 0) is 21.2 Å². The molecule has 0 saturated carbocycles. The molecular formula is C22H23F3N6O4. The number of morpholine rings is 1. The van der Waals surface area contributed by atoms with E-state index < -0.39 is 23.5 Å². The third kappa shape index (κ3) is 5.19. The lowest BCUT2D eigenvalue weighted by Crippen LogP contribution is -2.58. The van der Waals surface area contributed by atoms with Gasteiger partial charge in [0.15, 0.2) is 0 Å². The predicted molar refractivity (Wildman–Crippen MR) is 115 cm³/mol. The normalized spacial score (nSPS) is 16.8. The standard InChI is InChI=1S/C22H23F3N6O4/c1-21(2,31-9-3-8-27-31)20(33)30-10-11-34-13-16(30)12-26-18(32)15-6-4-14(5-7-15)17-28-19(35-29-17)22(23,24)25/h3-9,16H,10-13H2,1-2H3,(H,26,32)/t16-/m1/s1. The van der Waals surface area contributed by atoms with Crippen LogP contribution < -0.4 is 5.32 Å². The maximum Gasteiger partial charge on any atom is 0.471 e. The number of carbonyl (C=O) groups excluding carboxylic acids is 2. The van der Waals surface area contributed by atoms with Gasteiger partial charge in [-0.1, -0.05) is 17.3 Å². The Balaban J connectivity index is 1.39. The molecule has 4 rings (SSSR count). The molecule has 2 amide bonds. The number of amides is 2. The van der Waals surface area contributed by atoms with Gasteiger partial charge in [0, 0.05) is 36.6 Å². The summed E-state index contributed by atoms with van der Waals surface area (Å²) in [5, 5.41) is 10.3. The van der Waals surface area contributed by atoms with Crippen LogP contribution in [0.25, 0.3) is 11.4 Å². The molecule has 1 atom stereocenters. The number of hydrogen-bond acceptors (Lipinski definition) is 7. The number of alkyl halides is 3. The minimum Gasteiger partial charge on any atom is -0.377 e. The van der Waals surface area contributed by atoms with Crippen molar-refractivity contribution in [1.29, 1.82) is 0 Å². The summed E-state index contributed by atoms with van der Waals surface area (Å²) in [4.78, 5) is 31.0. The number of halogens is 3. The molecule has 3 aromatic rings. The van der Waals surface area contributed by atoms with Crippen molar-refractivity contribution in [3.05, 3.63) is 54.2 Å². The molecule has 1 fully saturated rings. The van der Waals surface area contributed by atoms with Crippen LogP contribution in [0.15, 0.2) is 47.2 Å². The average Bonchev–Trinajstić information content (AvgIpc) is 3.55. The molecule has 2 aromatic heterocycles. The van der Waals surface area contributed by atoms with Crippen molar-refractivity contribution in [2.24, 2.45) is 0 Å². The number of rotatable bonds is 6. The van der Waals surface area contributed by atoms with E-state index >= 15 is 0 Å². The van der Waals surface area contributed by atoms with E-state index in [1.165, 1.54) is 24.3 Å². The van der Waals surface area contributed by atoms with Gasteiger partial charge in [0.1, 0.15) is 5.54 Å². The smallest absolute Gasteiger partial charge is 0.377 e. The van der Waals surface area contributed by atoms with Crippen LogP contribution in [-0.4, -0.2) is 69.0 Å². The Morgan fingerprint density at radius 2 is 1.94 bits per heavy atom. The second-order valence-corrected chi connectivity index (χ2v) is 8.45. The molecule has 1 saturated heterocycles. The molecule has 0 bridgehead atoms. The summed E-state index contributed by atoms with van der Waals surface area (Å²) < 4.78 is 49.3. The average molecular weight is 492 g/mol. The topological polar surface area (TPSA) is 115 Å². The number of nitrogens with one attached hydrogen (secondary N) is 1. The van der Waals surface area contributed by atoms with E-state index in [9.17, 15) is 22.8 Å². The van der Waals surface area contributed by atoms with Crippen LogP contribution in [0.3, 0.4) is 0 Å². The molecule has 10 nitrogen and oxygen atoms in total. The lowest BCUT2D eigenvalue weighted by Gasteiger charge is -2.40. The van der Waals surface area contributed by atoms with Crippen LogP contribution >= 0.6 is 0 Å². The summed E-state index contributed by atoms with van der Waals surface area (Å²) >= 11 is 0. The molecular weight excluding hydrogens is 469 g/mol. The van der Waals surface area contributed by atoms with E-state index in [-0.39, 0.29) is 42.1 Å². The second-order valence-electron chi connectivity index (χ2n) is 8.45. The quantitative estimate of drug-likeness (QED) is 0.562. The maximum absolute atomic E-state index is 13.3. The summed E-state index contributed by atoms with van der Waals surface area (Å²) in [5.41, 5.74) is -0.376. The predicted octanol–water partition coefficient (Wildman–Crippen LogP) is 2.34. The molecule has 0 aliphatic carbocycles. The molecule has 0 radical (unpaired) electrons. The highest BCUT2D eigenvalue weighted by Gasteiger charge is 2.39. The first-order valence-corrected chi connectivity index (χ1v) is 10.8. The fraction of sp³-hybridized carbons (Fsp3) is 0.409. The lowest BCUT2D eigenvalue weighted by atomic mass is 10.0. The van der Waals surface area contributed by atoms with Crippen LogP contribution in [0.5, 0.6) is 0 Å². The van der Waals surface area contributed by atoms with Gasteiger partial charge >= 0.3 is 12.1 Å².